The monoisotopic (exact) mass is 240 g/mol. The van der Waals surface area contributed by atoms with Crippen molar-refractivity contribution in [3.63, 3.8) is 0 Å². The number of hydrogen-bond acceptors (Lipinski definition) is 2. The van der Waals surface area contributed by atoms with E-state index in [-0.39, 0.29) is 6.04 Å². The predicted octanol–water partition coefficient (Wildman–Crippen LogP) is 1.43. The van der Waals surface area contributed by atoms with Gasteiger partial charge in [-0.15, -0.1) is 0 Å². The molecule has 0 spiro atoms. The van der Waals surface area contributed by atoms with Gasteiger partial charge in [-0.2, -0.15) is 0 Å². The fraction of sp³-hybridized carbons (Fsp3) is 0.833. The molecule has 0 bridgehead atoms. The molecule has 0 saturated carbocycles. The van der Waals surface area contributed by atoms with Crippen LogP contribution in [0, 0.1) is 5.92 Å². The van der Waals surface area contributed by atoms with E-state index in [1.807, 2.05) is 6.92 Å². The second-order valence-corrected chi connectivity index (χ2v) is 2.86. The van der Waals surface area contributed by atoms with E-state index >= 15 is 0 Å². The van der Waals surface area contributed by atoms with E-state index in [9.17, 15) is 0 Å². The van der Waals surface area contributed by atoms with Crippen molar-refractivity contribution in [2.45, 2.75) is 19.9 Å². The molecular formula is C6H13IN2. The lowest BCUT2D eigenvalue weighted by molar-refractivity contribution is 0.497. The van der Waals surface area contributed by atoms with Crippen LogP contribution in [-0.2, 0) is 0 Å². The predicted molar refractivity (Wildman–Crippen MR) is 50.2 cm³/mol. The number of nitrogens with zero attached hydrogens (tertiary/aromatic N) is 1. The van der Waals surface area contributed by atoms with Gasteiger partial charge < -0.3 is 5.73 Å². The largest absolute Gasteiger partial charge is 0.328 e. The van der Waals surface area contributed by atoms with Crippen LogP contribution in [0.1, 0.15) is 13.8 Å². The molecule has 3 heteroatoms. The zero-order valence-corrected chi connectivity index (χ0v) is 8.00. The maximum absolute atomic E-state index is 5.60. The van der Waals surface area contributed by atoms with E-state index in [1.165, 1.54) is 0 Å². The average molecular weight is 240 g/mol. The summed E-state index contributed by atoms with van der Waals surface area (Å²) in [6, 6.07) is 0.255. The maximum atomic E-state index is 5.60. The van der Waals surface area contributed by atoms with E-state index in [1.54, 1.807) is 4.22 Å². The molecule has 0 fully saturated rings. The van der Waals surface area contributed by atoms with Crippen LogP contribution in [0.2, 0.25) is 0 Å². The molecule has 0 aromatic heterocycles. The molecule has 2 N–H and O–H groups in total. The van der Waals surface area contributed by atoms with Crippen LogP contribution in [-0.4, -0.2) is 16.8 Å². The Balaban J connectivity index is 3.38. The number of rotatable bonds is 3. The van der Waals surface area contributed by atoms with E-state index < -0.39 is 0 Å². The molecule has 0 aliphatic carbocycles. The first kappa shape index (κ1) is 9.36. The van der Waals surface area contributed by atoms with E-state index in [4.69, 9.17) is 5.73 Å². The summed E-state index contributed by atoms with van der Waals surface area (Å²) in [7, 11) is 0. The molecule has 0 radical (unpaired) electrons. The van der Waals surface area contributed by atoms with Gasteiger partial charge in [-0.3, -0.25) is 4.99 Å². The highest BCUT2D eigenvalue weighted by Gasteiger charge is 2.04. The smallest absolute Gasteiger partial charge is 0.0595 e. The molecule has 0 aromatic rings. The standard InChI is InChI=1S/C6H13IN2/c1-5(6(2)8)3-9-4-7/h4-6H,3,8H2,1-2H3/b9-4-. The average Bonchev–Trinajstić information content (AvgIpc) is 1.82. The van der Waals surface area contributed by atoms with Crippen molar-refractivity contribution in [2.75, 3.05) is 6.54 Å². The van der Waals surface area contributed by atoms with Gasteiger partial charge in [0.2, 0.25) is 0 Å². The van der Waals surface area contributed by atoms with Crippen molar-refractivity contribution in [1.29, 1.82) is 0 Å². The summed E-state index contributed by atoms with van der Waals surface area (Å²) in [4.78, 5) is 4.07. The lowest BCUT2D eigenvalue weighted by atomic mass is 10.1. The van der Waals surface area contributed by atoms with Crippen molar-refractivity contribution in [2.24, 2.45) is 16.6 Å². The Morgan fingerprint density at radius 3 is 2.56 bits per heavy atom. The van der Waals surface area contributed by atoms with E-state index in [0.717, 1.165) is 6.54 Å². The molecule has 0 aliphatic heterocycles. The topological polar surface area (TPSA) is 38.4 Å². The molecule has 54 valence electrons. The number of halogens is 1. The van der Waals surface area contributed by atoms with Gasteiger partial charge in [0, 0.05) is 12.6 Å². The van der Waals surface area contributed by atoms with Gasteiger partial charge in [-0.05, 0) is 35.4 Å². The third-order valence-electron chi connectivity index (χ3n) is 1.36. The Kier molecular flexibility index (Phi) is 5.38. The molecule has 0 amide bonds. The van der Waals surface area contributed by atoms with Gasteiger partial charge in [0.25, 0.3) is 0 Å². The Morgan fingerprint density at radius 2 is 2.22 bits per heavy atom. The molecule has 9 heavy (non-hydrogen) atoms. The minimum Gasteiger partial charge on any atom is -0.328 e. The number of nitrogens with two attached hydrogens (primary N) is 1. The minimum absolute atomic E-state index is 0.255. The van der Waals surface area contributed by atoms with Crippen molar-refractivity contribution >= 4 is 26.8 Å². The molecule has 0 rings (SSSR count). The van der Waals surface area contributed by atoms with E-state index in [0.29, 0.717) is 5.92 Å². The molecule has 0 heterocycles. The summed E-state index contributed by atoms with van der Waals surface area (Å²) in [6.07, 6.45) is 0. The highest BCUT2D eigenvalue weighted by atomic mass is 127. The molecular weight excluding hydrogens is 227 g/mol. The summed E-state index contributed by atoms with van der Waals surface area (Å²) in [5.41, 5.74) is 5.60. The van der Waals surface area contributed by atoms with Crippen LogP contribution in [0.5, 0.6) is 0 Å². The quantitative estimate of drug-likeness (QED) is 0.588. The van der Waals surface area contributed by atoms with Crippen LogP contribution >= 0.6 is 22.6 Å². The first-order valence-electron chi connectivity index (χ1n) is 3.02. The molecule has 2 atom stereocenters. The Morgan fingerprint density at radius 1 is 1.67 bits per heavy atom. The SMILES string of the molecule is CC(N)C(C)C/N=C\I. The van der Waals surface area contributed by atoms with Gasteiger partial charge >= 0.3 is 0 Å². The Labute approximate surface area is 70.1 Å². The summed E-state index contributed by atoms with van der Waals surface area (Å²) in [5.74, 6) is 0.496. The van der Waals surface area contributed by atoms with E-state index in [2.05, 4.69) is 34.5 Å². The van der Waals surface area contributed by atoms with Crippen LogP contribution < -0.4 is 5.73 Å². The zero-order valence-electron chi connectivity index (χ0n) is 5.84. The second kappa shape index (κ2) is 5.17. The number of hydrogen-bond donors (Lipinski definition) is 1. The van der Waals surface area contributed by atoms with Crippen LogP contribution in [0.3, 0.4) is 0 Å². The third kappa shape index (κ3) is 4.84. The van der Waals surface area contributed by atoms with Crippen LogP contribution in [0.4, 0.5) is 0 Å². The third-order valence-corrected chi connectivity index (χ3v) is 1.75. The first-order valence-corrected chi connectivity index (χ1v) is 4.27. The van der Waals surface area contributed by atoms with Gasteiger partial charge in [0.15, 0.2) is 0 Å². The van der Waals surface area contributed by atoms with Crippen molar-refractivity contribution in [1.82, 2.24) is 0 Å². The highest BCUT2D eigenvalue weighted by Crippen LogP contribution is 1.99. The zero-order chi connectivity index (χ0) is 7.28. The second-order valence-electron chi connectivity index (χ2n) is 2.30. The lowest BCUT2D eigenvalue weighted by Crippen LogP contribution is -2.26. The lowest BCUT2D eigenvalue weighted by Gasteiger charge is -2.11. The maximum Gasteiger partial charge on any atom is 0.0595 e. The molecule has 2 nitrogen and oxygen atoms in total. The molecule has 0 aliphatic rings. The van der Waals surface area contributed by atoms with Crippen molar-refractivity contribution in [3.8, 4) is 0 Å². The Bertz CT molecular complexity index is 91.1. The summed E-state index contributed by atoms with van der Waals surface area (Å²) in [5, 5.41) is 0. The molecule has 0 aromatic carbocycles. The van der Waals surface area contributed by atoms with Crippen molar-refractivity contribution < 1.29 is 0 Å². The summed E-state index contributed by atoms with van der Waals surface area (Å²) >= 11 is 2.11. The van der Waals surface area contributed by atoms with Crippen molar-refractivity contribution in [3.05, 3.63) is 0 Å². The Hall–Kier alpha value is 0.360. The molecule has 0 saturated heterocycles. The number of aliphatic imine (C=N–C) groups is 1. The minimum atomic E-state index is 0.255. The molecule has 2 unspecified atom stereocenters. The highest BCUT2D eigenvalue weighted by molar-refractivity contribution is 14.1. The fourth-order valence-electron chi connectivity index (χ4n) is 0.372. The van der Waals surface area contributed by atoms with Gasteiger partial charge in [0.1, 0.15) is 0 Å². The van der Waals surface area contributed by atoms with Gasteiger partial charge in [-0.25, -0.2) is 0 Å². The first-order chi connectivity index (χ1) is 4.18. The summed E-state index contributed by atoms with van der Waals surface area (Å²) in [6.45, 7) is 4.96. The normalized spacial score (nSPS) is 18.2. The summed E-state index contributed by atoms with van der Waals surface area (Å²) < 4.78 is 1.79. The van der Waals surface area contributed by atoms with Gasteiger partial charge in [-0.1, -0.05) is 6.92 Å². The van der Waals surface area contributed by atoms with Crippen LogP contribution in [0.25, 0.3) is 0 Å². The van der Waals surface area contributed by atoms with Crippen LogP contribution in [0.15, 0.2) is 4.99 Å². The fourth-order valence-corrected chi connectivity index (χ4v) is 0.600. The van der Waals surface area contributed by atoms with Gasteiger partial charge in [0.05, 0.1) is 4.22 Å².